The first-order valence-corrected chi connectivity index (χ1v) is 7.39. The summed E-state index contributed by atoms with van der Waals surface area (Å²) in [6, 6.07) is 4.85. The summed E-state index contributed by atoms with van der Waals surface area (Å²) in [6.45, 7) is 4.71. The molecule has 0 spiro atoms. The maximum Gasteiger partial charge on any atom is 0.138 e. The van der Waals surface area contributed by atoms with Crippen molar-refractivity contribution in [1.29, 1.82) is 0 Å². The fraction of sp³-hybridized carbons (Fsp3) is 0.500. The summed E-state index contributed by atoms with van der Waals surface area (Å²) in [5.74, 6) is 0. The maximum absolute atomic E-state index is 4.67. The molecule has 2 aromatic rings. The molecular formula is C14H18BrN3. The van der Waals surface area contributed by atoms with Crippen molar-refractivity contribution >= 4 is 21.6 Å². The van der Waals surface area contributed by atoms with Crippen LogP contribution in [0.25, 0.3) is 5.65 Å². The summed E-state index contributed by atoms with van der Waals surface area (Å²) in [4.78, 5) is 7.24. The highest BCUT2D eigenvalue weighted by Crippen LogP contribution is 2.17. The number of hydrogen-bond acceptors (Lipinski definition) is 2. The lowest BCUT2D eigenvalue weighted by Crippen LogP contribution is -2.29. The standard InChI is InChI=1S/C14H18BrN3/c1-11-3-2-6-17(11)8-5-13-10-18-7-4-12(15)9-14(18)16-13/h4,7,9-11H,2-3,5-6,8H2,1H3. The van der Waals surface area contributed by atoms with Crippen molar-refractivity contribution in [2.45, 2.75) is 32.2 Å². The summed E-state index contributed by atoms with van der Waals surface area (Å²) in [5.41, 5.74) is 2.21. The van der Waals surface area contributed by atoms with Crippen LogP contribution >= 0.6 is 15.9 Å². The number of rotatable bonds is 3. The predicted molar refractivity (Wildman–Crippen MR) is 76.9 cm³/mol. The summed E-state index contributed by atoms with van der Waals surface area (Å²) in [5, 5.41) is 0. The molecule has 3 nitrogen and oxygen atoms in total. The van der Waals surface area contributed by atoms with Gasteiger partial charge in [-0.1, -0.05) is 15.9 Å². The lowest BCUT2D eigenvalue weighted by molar-refractivity contribution is 0.271. The molecule has 1 atom stereocenters. The molecule has 1 aliphatic heterocycles. The van der Waals surface area contributed by atoms with Crippen LogP contribution in [0.5, 0.6) is 0 Å². The van der Waals surface area contributed by atoms with Gasteiger partial charge < -0.3 is 9.30 Å². The largest absolute Gasteiger partial charge is 0.307 e. The second kappa shape index (κ2) is 5.02. The van der Waals surface area contributed by atoms with Crippen molar-refractivity contribution in [3.05, 3.63) is 34.7 Å². The minimum atomic E-state index is 0.746. The van der Waals surface area contributed by atoms with Gasteiger partial charge in [-0.05, 0) is 38.4 Å². The molecule has 0 radical (unpaired) electrons. The Labute approximate surface area is 116 Å². The number of fused-ring (bicyclic) bond motifs is 1. The molecule has 0 bridgehead atoms. The summed E-state index contributed by atoms with van der Waals surface area (Å²) >= 11 is 3.48. The quantitative estimate of drug-likeness (QED) is 0.868. The van der Waals surface area contributed by atoms with E-state index in [1.54, 1.807) is 0 Å². The van der Waals surface area contributed by atoms with Gasteiger partial charge >= 0.3 is 0 Å². The highest BCUT2D eigenvalue weighted by atomic mass is 79.9. The van der Waals surface area contributed by atoms with Crippen molar-refractivity contribution in [2.24, 2.45) is 0 Å². The van der Waals surface area contributed by atoms with Crippen molar-refractivity contribution in [2.75, 3.05) is 13.1 Å². The molecule has 96 valence electrons. The van der Waals surface area contributed by atoms with Gasteiger partial charge in [0.2, 0.25) is 0 Å². The zero-order valence-corrected chi connectivity index (χ0v) is 12.2. The van der Waals surface area contributed by atoms with Crippen molar-refractivity contribution < 1.29 is 0 Å². The van der Waals surface area contributed by atoms with Crippen molar-refractivity contribution in [3.63, 3.8) is 0 Å². The Bertz CT molecular complexity index is 549. The van der Waals surface area contributed by atoms with Crippen molar-refractivity contribution in [3.8, 4) is 0 Å². The van der Waals surface area contributed by atoms with E-state index in [0.29, 0.717) is 0 Å². The smallest absolute Gasteiger partial charge is 0.138 e. The molecule has 1 fully saturated rings. The van der Waals surface area contributed by atoms with Crippen LogP contribution < -0.4 is 0 Å². The normalized spacial score (nSPS) is 20.9. The third-order valence-corrected chi connectivity index (χ3v) is 4.31. The van der Waals surface area contributed by atoms with E-state index < -0.39 is 0 Å². The van der Waals surface area contributed by atoms with E-state index in [9.17, 15) is 0 Å². The van der Waals surface area contributed by atoms with E-state index in [-0.39, 0.29) is 0 Å². The molecule has 0 aromatic carbocycles. The zero-order valence-electron chi connectivity index (χ0n) is 10.6. The van der Waals surface area contributed by atoms with Gasteiger partial charge in [-0.25, -0.2) is 4.98 Å². The Hall–Kier alpha value is -0.870. The van der Waals surface area contributed by atoms with Gasteiger partial charge in [0.25, 0.3) is 0 Å². The Morgan fingerprint density at radius 1 is 1.50 bits per heavy atom. The molecule has 0 aliphatic carbocycles. The van der Waals surface area contributed by atoms with E-state index in [4.69, 9.17) is 0 Å². The average molecular weight is 308 g/mol. The van der Waals surface area contributed by atoms with Crippen LogP contribution in [-0.2, 0) is 6.42 Å². The van der Waals surface area contributed by atoms with Crippen LogP contribution in [0.1, 0.15) is 25.5 Å². The van der Waals surface area contributed by atoms with Crippen LogP contribution in [0, 0.1) is 0 Å². The number of nitrogens with zero attached hydrogens (tertiary/aromatic N) is 3. The van der Waals surface area contributed by atoms with Crippen LogP contribution in [0.3, 0.4) is 0 Å². The molecule has 0 amide bonds. The monoisotopic (exact) mass is 307 g/mol. The molecule has 1 saturated heterocycles. The van der Waals surface area contributed by atoms with Gasteiger partial charge in [-0.3, -0.25) is 0 Å². The SMILES string of the molecule is CC1CCCN1CCc1cn2ccc(Br)cc2n1. The van der Waals surface area contributed by atoms with Gasteiger partial charge in [0.15, 0.2) is 0 Å². The average Bonchev–Trinajstić information content (AvgIpc) is 2.92. The van der Waals surface area contributed by atoms with Crippen LogP contribution in [-0.4, -0.2) is 33.4 Å². The topological polar surface area (TPSA) is 20.5 Å². The lowest BCUT2D eigenvalue weighted by atomic mass is 10.2. The van der Waals surface area contributed by atoms with Gasteiger partial charge in [0, 0.05) is 35.9 Å². The van der Waals surface area contributed by atoms with Crippen LogP contribution in [0.15, 0.2) is 29.0 Å². The Morgan fingerprint density at radius 2 is 2.39 bits per heavy atom. The molecule has 3 heterocycles. The molecule has 1 unspecified atom stereocenters. The molecule has 0 saturated carbocycles. The highest BCUT2D eigenvalue weighted by molar-refractivity contribution is 9.10. The van der Waals surface area contributed by atoms with Gasteiger partial charge in [0.1, 0.15) is 5.65 Å². The molecule has 3 rings (SSSR count). The molecule has 2 aromatic heterocycles. The second-order valence-electron chi connectivity index (χ2n) is 5.12. The number of aromatic nitrogens is 2. The minimum Gasteiger partial charge on any atom is -0.307 e. The molecule has 18 heavy (non-hydrogen) atoms. The predicted octanol–water partition coefficient (Wildman–Crippen LogP) is 3.12. The number of imidazole rings is 1. The molecule has 4 heteroatoms. The Morgan fingerprint density at radius 3 is 3.17 bits per heavy atom. The molecule has 1 aliphatic rings. The van der Waals surface area contributed by atoms with Crippen LogP contribution in [0.4, 0.5) is 0 Å². The summed E-state index contributed by atoms with van der Waals surface area (Å²) in [6.07, 6.45) is 7.93. The Balaban J connectivity index is 1.71. The first-order chi connectivity index (χ1) is 8.72. The number of halogens is 1. The third kappa shape index (κ3) is 2.45. The van der Waals surface area contributed by atoms with Gasteiger partial charge in [0.05, 0.1) is 5.69 Å². The fourth-order valence-electron chi connectivity index (χ4n) is 2.71. The number of pyridine rings is 1. The lowest BCUT2D eigenvalue weighted by Gasteiger charge is -2.19. The maximum atomic E-state index is 4.67. The highest BCUT2D eigenvalue weighted by Gasteiger charge is 2.19. The zero-order chi connectivity index (χ0) is 12.5. The third-order valence-electron chi connectivity index (χ3n) is 3.82. The second-order valence-corrected chi connectivity index (χ2v) is 6.04. The van der Waals surface area contributed by atoms with E-state index in [2.05, 4.69) is 49.4 Å². The minimum absolute atomic E-state index is 0.746. The van der Waals surface area contributed by atoms with Gasteiger partial charge in [-0.15, -0.1) is 0 Å². The summed E-state index contributed by atoms with van der Waals surface area (Å²) in [7, 11) is 0. The van der Waals surface area contributed by atoms with E-state index in [0.717, 1.165) is 29.1 Å². The number of hydrogen-bond donors (Lipinski definition) is 0. The van der Waals surface area contributed by atoms with Crippen molar-refractivity contribution in [1.82, 2.24) is 14.3 Å². The molecular weight excluding hydrogens is 290 g/mol. The van der Waals surface area contributed by atoms with E-state index in [1.807, 2.05) is 12.3 Å². The first-order valence-electron chi connectivity index (χ1n) is 6.59. The van der Waals surface area contributed by atoms with E-state index in [1.165, 1.54) is 25.1 Å². The summed E-state index contributed by atoms with van der Waals surface area (Å²) < 4.78 is 3.17. The fourth-order valence-corrected chi connectivity index (χ4v) is 3.04. The molecule has 0 N–H and O–H groups in total. The van der Waals surface area contributed by atoms with Gasteiger partial charge in [-0.2, -0.15) is 0 Å². The van der Waals surface area contributed by atoms with E-state index >= 15 is 0 Å². The van der Waals surface area contributed by atoms with Crippen LogP contribution in [0.2, 0.25) is 0 Å². The number of likely N-dealkylation sites (tertiary alicyclic amines) is 1. The Kier molecular flexibility index (Phi) is 3.39. The first kappa shape index (κ1) is 12.2.